The van der Waals surface area contributed by atoms with Crippen molar-refractivity contribution in [2.75, 3.05) is 31.7 Å². The molecule has 0 amide bonds. The summed E-state index contributed by atoms with van der Waals surface area (Å²) in [6.07, 6.45) is 2.39. The molecule has 19 heavy (non-hydrogen) atoms. The largest absolute Gasteiger partial charge is 0.368 e. The van der Waals surface area contributed by atoms with Crippen molar-refractivity contribution in [1.29, 1.82) is 0 Å². The van der Waals surface area contributed by atoms with E-state index in [1.807, 2.05) is 6.07 Å². The van der Waals surface area contributed by atoms with Gasteiger partial charge in [0.2, 0.25) is 0 Å². The predicted octanol–water partition coefficient (Wildman–Crippen LogP) is 1.03. The van der Waals surface area contributed by atoms with Crippen molar-refractivity contribution in [1.82, 2.24) is 14.9 Å². The average Bonchev–Trinajstić information content (AvgIpc) is 3.31. The fourth-order valence-electron chi connectivity index (χ4n) is 2.44. The van der Waals surface area contributed by atoms with E-state index in [9.17, 15) is 0 Å². The molecule has 1 aliphatic heterocycles. The second-order valence-electron chi connectivity index (χ2n) is 5.21. The molecule has 6 nitrogen and oxygen atoms in total. The average molecular weight is 263 g/mol. The first-order chi connectivity index (χ1) is 9.30. The molecule has 1 saturated carbocycles. The molecular formula is C13H21N5O. The topological polar surface area (TPSA) is 76.3 Å². The van der Waals surface area contributed by atoms with Gasteiger partial charge in [-0.3, -0.25) is 4.90 Å². The summed E-state index contributed by atoms with van der Waals surface area (Å²) in [6.45, 7) is 5.77. The van der Waals surface area contributed by atoms with Gasteiger partial charge < -0.3 is 10.2 Å². The first kappa shape index (κ1) is 12.8. The smallest absolute Gasteiger partial charge is 0.161 e. The van der Waals surface area contributed by atoms with E-state index >= 15 is 0 Å². The highest BCUT2D eigenvalue weighted by Crippen LogP contribution is 2.40. The second kappa shape index (κ2) is 5.40. The van der Waals surface area contributed by atoms with Crippen LogP contribution in [0, 0.1) is 0 Å². The van der Waals surface area contributed by atoms with Gasteiger partial charge in [-0.1, -0.05) is 6.92 Å². The van der Waals surface area contributed by atoms with Gasteiger partial charge in [0.15, 0.2) is 5.82 Å². The SMILES string of the molecule is CCN1CCOC(c2nc(NN)cc(C3CC3)n2)C1. The molecule has 1 aliphatic carbocycles. The standard InChI is InChI=1S/C13H21N5O/c1-2-18-5-6-19-11(8-18)13-15-10(9-3-4-9)7-12(16-13)17-14/h7,9,11H,2-6,8,14H2,1H3,(H,15,16,17). The Bertz CT molecular complexity index is 449. The lowest BCUT2D eigenvalue weighted by molar-refractivity contribution is -0.0326. The number of likely N-dealkylation sites (N-methyl/N-ethyl adjacent to an activating group) is 1. The Morgan fingerprint density at radius 2 is 2.32 bits per heavy atom. The van der Waals surface area contributed by atoms with Crippen molar-refractivity contribution in [3.05, 3.63) is 17.6 Å². The number of rotatable bonds is 4. The second-order valence-corrected chi connectivity index (χ2v) is 5.21. The van der Waals surface area contributed by atoms with Gasteiger partial charge in [0, 0.05) is 30.8 Å². The first-order valence-electron chi connectivity index (χ1n) is 6.99. The highest BCUT2D eigenvalue weighted by Gasteiger charge is 2.29. The molecule has 0 aromatic carbocycles. The summed E-state index contributed by atoms with van der Waals surface area (Å²) < 4.78 is 5.82. The van der Waals surface area contributed by atoms with Crippen molar-refractivity contribution >= 4 is 5.82 Å². The fourth-order valence-corrected chi connectivity index (χ4v) is 2.44. The summed E-state index contributed by atoms with van der Waals surface area (Å²) in [6, 6.07) is 1.95. The minimum Gasteiger partial charge on any atom is -0.368 e. The number of hydrogen-bond acceptors (Lipinski definition) is 6. The van der Waals surface area contributed by atoms with Crippen LogP contribution in [0.5, 0.6) is 0 Å². The molecule has 0 spiro atoms. The van der Waals surface area contributed by atoms with Gasteiger partial charge in [0.05, 0.1) is 6.61 Å². The van der Waals surface area contributed by atoms with Crippen LogP contribution in [0.1, 0.15) is 43.3 Å². The van der Waals surface area contributed by atoms with Gasteiger partial charge in [-0.15, -0.1) is 0 Å². The number of nitrogens with one attached hydrogen (secondary N) is 1. The lowest BCUT2D eigenvalue weighted by Gasteiger charge is -2.31. The molecule has 2 aliphatic rings. The highest BCUT2D eigenvalue weighted by molar-refractivity contribution is 5.37. The van der Waals surface area contributed by atoms with Crippen LogP contribution in [0.2, 0.25) is 0 Å². The highest BCUT2D eigenvalue weighted by atomic mass is 16.5. The van der Waals surface area contributed by atoms with Gasteiger partial charge in [0.1, 0.15) is 11.9 Å². The Balaban J connectivity index is 1.84. The molecule has 2 fully saturated rings. The predicted molar refractivity (Wildman–Crippen MR) is 72.6 cm³/mol. The van der Waals surface area contributed by atoms with E-state index in [2.05, 4.69) is 27.2 Å². The number of hydrazine groups is 1. The number of ether oxygens (including phenoxy) is 1. The van der Waals surface area contributed by atoms with E-state index in [0.29, 0.717) is 11.7 Å². The summed E-state index contributed by atoms with van der Waals surface area (Å²) in [5, 5.41) is 0. The lowest BCUT2D eigenvalue weighted by atomic mass is 10.2. The lowest BCUT2D eigenvalue weighted by Crippen LogP contribution is -2.38. The molecule has 104 valence electrons. The van der Waals surface area contributed by atoms with Gasteiger partial charge in [0.25, 0.3) is 0 Å². The van der Waals surface area contributed by atoms with Gasteiger partial charge in [-0.2, -0.15) is 0 Å². The minimum absolute atomic E-state index is 0.0421. The van der Waals surface area contributed by atoms with Crippen LogP contribution < -0.4 is 11.3 Å². The number of nitrogen functional groups attached to an aromatic ring is 1. The molecule has 1 atom stereocenters. The van der Waals surface area contributed by atoms with Crippen LogP contribution in [0.25, 0.3) is 0 Å². The van der Waals surface area contributed by atoms with E-state index in [-0.39, 0.29) is 6.10 Å². The molecule has 6 heteroatoms. The quantitative estimate of drug-likeness (QED) is 0.624. The molecule has 1 saturated heterocycles. The van der Waals surface area contributed by atoms with Crippen molar-refractivity contribution < 1.29 is 4.74 Å². The van der Waals surface area contributed by atoms with Crippen LogP contribution in [-0.4, -0.2) is 41.1 Å². The third-order valence-electron chi connectivity index (χ3n) is 3.79. The summed E-state index contributed by atoms with van der Waals surface area (Å²) in [7, 11) is 0. The van der Waals surface area contributed by atoms with Crippen LogP contribution >= 0.6 is 0 Å². The number of nitrogens with zero attached hydrogens (tertiary/aromatic N) is 3. The summed E-state index contributed by atoms with van der Waals surface area (Å²) >= 11 is 0. The minimum atomic E-state index is -0.0421. The molecular weight excluding hydrogens is 242 g/mol. The third-order valence-corrected chi connectivity index (χ3v) is 3.79. The number of nitrogens with two attached hydrogens (primary N) is 1. The molecule has 3 rings (SSSR count). The van der Waals surface area contributed by atoms with Crippen LogP contribution in [0.15, 0.2) is 6.07 Å². The van der Waals surface area contributed by atoms with E-state index in [4.69, 9.17) is 10.6 Å². The Morgan fingerprint density at radius 3 is 3.00 bits per heavy atom. The normalized spacial score (nSPS) is 24.4. The van der Waals surface area contributed by atoms with Gasteiger partial charge in [-0.25, -0.2) is 15.8 Å². The van der Waals surface area contributed by atoms with Crippen LogP contribution in [0.3, 0.4) is 0 Å². The molecule has 2 heterocycles. The van der Waals surface area contributed by atoms with Crippen molar-refractivity contribution in [3.63, 3.8) is 0 Å². The van der Waals surface area contributed by atoms with E-state index < -0.39 is 0 Å². The van der Waals surface area contributed by atoms with E-state index in [1.165, 1.54) is 12.8 Å². The molecule has 3 N–H and O–H groups in total. The Morgan fingerprint density at radius 1 is 1.47 bits per heavy atom. The molecule has 1 aromatic heterocycles. The Kier molecular flexibility index (Phi) is 3.63. The number of morpholine rings is 1. The fraction of sp³-hybridized carbons (Fsp3) is 0.692. The third kappa shape index (κ3) is 2.86. The van der Waals surface area contributed by atoms with Crippen LogP contribution in [-0.2, 0) is 4.74 Å². The zero-order valence-electron chi connectivity index (χ0n) is 11.3. The maximum Gasteiger partial charge on any atom is 0.161 e. The molecule has 1 unspecified atom stereocenters. The van der Waals surface area contributed by atoms with E-state index in [0.717, 1.165) is 37.8 Å². The summed E-state index contributed by atoms with van der Waals surface area (Å²) in [4.78, 5) is 11.5. The zero-order valence-corrected chi connectivity index (χ0v) is 11.3. The van der Waals surface area contributed by atoms with Gasteiger partial charge in [-0.05, 0) is 19.4 Å². The number of anilines is 1. The number of aromatic nitrogens is 2. The summed E-state index contributed by atoms with van der Waals surface area (Å²) in [5.41, 5.74) is 3.73. The molecule has 0 radical (unpaired) electrons. The Hall–Kier alpha value is -1.24. The van der Waals surface area contributed by atoms with Crippen LogP contribution in [0.4, 0.5) is 5.82 Å². The van der Waals surface area contributed by atoms with Crippen molar-refractivity contribution in [2.24, 2.45) is 5.84 Å². The number of hydrogen-bond donors (Lipinski definition) is 2. The molecule has 1 aromatic rings. The summed E-state index contributed by atoms with van der Waals surface area (Å²) in [5.74, 6) is 7.53. The Labute approximate surface area is 113 Å². The van der Waals surface area contributed by atoms with E-state index in [1.54, 1.807) is 0 Å². The zero-order chi connectivity index (χ0) is 13.2. The maximum atomic E-state index is 5.82. The van der Waals surface area contributed by atoms with Crippen molar-refractivity contribution in [3.8, 4) is 0 Å². The van der Waals surface area contributed by atoms with Crippen molar-refractivity contribution in [2.45, 2.75) is 31.8 Å². The first-order valence-corrected chi connectivity index (χ1v) is 6.99. The maximum absolute atomic E-state index is 5.82. The monoisotopic (exact) mass is 263 g/mol. The molecule has 0 bridgehead atoms. The van der Waals surface area contributed by atoms with Gasteiger partial charge >= 0.3 is 0 Å².